The number of fused-ring (bicyclic) bond motifs is 1. The molecular formula is C23H26N4. The second kappa shape index (κ2) is 5.57. The summed E-state index contributed by atoms with van der Waals surface area (Å²) in [6.45, 7) is 2.21. The molecular weight excluding hydrogens is 332 g/mol. The van der Waals surface area contributed by atoms with E-state index >= 15 is 0 Å². The maximum atomic E-state index is 4.96. The summed E-state index contributed by atoms with van der Waals surface area (Å²) in [7, 11) is 0. The Labute approximate surface area is 160 Å². The number of imidazole rings is 1. The van der Waals surface area contributed by atoms with Crippen LogP contribution in [0.4, 0.5) is 5.82 Å². The second-order valence-corrected chi connectivity index (χ2v) is 8.92. The summed E-state index contributed by atoms with van der Waals surface area (Å²) in [5, 5.41) is 3.75. The molecule has 0 aromatic carbocycles. The quantitative estimate of drug-likeness (QED) is 0.686. The van der Waals surface area contributed by atoms with E-state index in [-0.39, 0.29) is 0 Å². The minimum absolute atomic E-state index is 0.581. The molecule has 3 heterocycles. The molecule has 0 aliphatic heterocycles. The van der Waals surface area contributed by atoms with E-state index in [1.54, 1.807) is 0 Å². The van der Waals surface area contributed by atoms with E-state index < -0.39 is 0 Å². The van der Waals surface area contributed by atoms with Crippen LogP contribution in [0.3, 0.4) is 0 Å². The van der Waals surface area contributed by atoms with E-state index in [0.29, 0.717) is 11.5 Å². The Hall–Kier alpha value is -2.36. The van der Waals surface area contributed by atoms with Gasteiger partial charge in [0.25, 0.3) is 0 Å². The predicted octanol–water partition coefficient (Wildman–Crippen LogP) is 5.33. The lowest BCUT2D eigenvalue weighted by molar-refractivity contribution is 0.486. The lowest BCUT2D eigenvalue weighted by Crippen LogP contribution is -2.25. The Balaban J connectivity index is 1.36. The van der Waals surface area contributed by atoms with Crippen LogP contribution in [0.1, 0.15) is 62.0 Å². The van der Waals surface area contributed by atoms with Crippen LogP contribution in [0, 0.1) is 12.3 Å². The molecule has 0 amide bonds. The van der Waals surface area contributed by atoms with Gasteiger partial charge in [-0.05, 0) is 86.1 Å². The minimum atomic E-state index is 0.581. The number of hydrogen-bond donors (Lipinski definition) is 1. The Kier molecular flexibility index (Phi) is 3.23. The van der Waals surface area contributed by atoms with Crippen molar-refractivity contribution in [3.63, 3.8) is 0 Å². The SMILES string of the molecule is Cc1cc2ncc(-c3cccc(N[C@H]4CCCC45CC5)n3)n2cc1C1CC1. The van der Waals surface area contributed by atoms with Crippen LogP contribution < -0.4 is 5.32 Å². The van der Waals surface area contributed by atoms with Crippen molar-refractivity contribution in [2.45, 2.75) is 63.8 Å². The maximum absolute atomic E-state index is 4.96. The third-order valence-corrected chi connectivity index (χ3v) is 7.04. The fraction of sp³-hybridized carbons (Fsp3) is 0.478. The van der Waals surface area contributed by atoms with E-state index in [1.807, 2.05) is 6.20 Å². The Bertz CT molecular complexity index is 1030. The first-order valence-electron chi connectivity index (χ1n) is 10.4. The number of anilines is 1. The van der Waals surface area contributed by atoms with Crippen molar-refractivity contribution in [3.8, 4) is 11.4 Å². The van der Waals surface area contributed by atoms with Gasteiger partial charge in [0.2, 0.25) is 0 Å². The summed E-state index contributed by atoms with van der Waals surface area (Å²) in [5.41, 5.74) is 6.51. The highest BCUT2D eigenvalue weighted by molar-refractivity contribution is 5.63. The summed E-state index contributed by atoms with van der Waals surface area (Å²) in [5.74, 6) is 1.75. The summed E-state index contributed by atoms with van der Waals surface area (Å²) < 4.78 is 2.23. The minimum Gasteiger partial charge on any atom is -0.367 e. The maximum Gasteiger partial charge on any atom is 0.137 e. The van der Waals surface area contributed by atoms with Crippen molar-refractivity contribution in [2.75, 3.05) is 5.32 Å². The monoisotopic (exact) mass is 358 g/mol. The number of rotatable bonds is 4. The normalized spacial score (nSPS) is 23.2. The highest BCUT2D eigenvalue weighted by Crippen LogP contribution is 2.58. The number of aromatic nitrogens is 3. The highest BCUT2D eigenvalue weighted by Gasteiger charge is 2.51. The van der Waals surface area contributed by atoms with Gasteiger partial charge in [0.05, 0.1) is 17.6 Å². The van der Waals surface area contributed by atoms with Crippen LogP contribution in [-0.2, 0) is 0 Å². The molecule has 3 aromatic rings. The Morgan fingerprint density at radius 2 is 2.04 bits per heavy atom. The Morgan fingerprint density at radius 3 is 2.85 bits per heavy atom. The average molecular weight is 358 g/mol. The Morgan fingerprint density at radius 1 is 1.15 bits per heavy atom. The number of pyridine rings is 2. The van der Waals surface area contributed by atoms with Crippen molar-refractivity contribution in [1.29, 1.82) is 0 Å². The van der Waals surface area contributed by atoms with Crippen molar-refractivity contribution >= 4 is 11.5 Å². The zero-order valence-corrected chi connectivity index (χ0v) is 15.9. The fourth-order valence-electron chi connectivity index (χ4n) is 5.11. The van der Waals surface area contributed by atoms with Gasteiger partial charge in [0.15, 0.2) is 0 Å². The van der Waals surface area contributed by atoms with Crippen molar-refractivity contribution in [1.82, 2.24) is 14.4 Å². The van der Waals surface area contributed by atoms with E-state index in [9.17, 15) is 0 Å². The molecule has 0 radical (unpaired) electrons. The number of nitrogens with zero attached hydrogens (tertiary/aromatic N) is 3. The van der Waals surface area contributed by atoms with Gasteiger partial charge in [-0.3, -0.25) is 4.40 Å². The van der Waals surface area contributed by atoms with Crippen molar-refractivity contribution < 1.29 is 0 Å². The zero-order chi connectivity index (χ0) is 18.0. The molecule has 4 heteroatoms. The molecule has 0 bridgehead atoms. The molecule has 0 unspecified atom stereocenters. The first-order chi connectivity index (χ1) is 13.2. The molecule has 3 aromatic heterocycles. The molecule has 1 N–H and O–H groups in total. The van der Waals surface area contributed by atoms with Crippen LogP contribution in [-0.4, -0.2) is 20.4 Å². The smallest absolute Gasteiger partial charge is 0.137 e. The summed E-state index contributed by atoms with van der Waals surface area (Å²) in [6, 6.07) is 9.16. The lowest BCUT2D eigenvalue weighted by atomic mass is 10.0. The zero-order valence-electron chi connectivity index (χ0n) is 15.9. The standard InChI is InChI=1S/C23H26N4/c1-15-12-22-24-13-19(27(22)14-17(15)16-7-8-16)18-4-2-6-21(25-18)26-20-5-3-9-23(20)10-11-23/h2,4,6,12-14,16,20H,3,5,7-11H2,1H3,(H,25,26)/t20-/m0/s1. The number of hydrogen-bond acceptors (Lipinski definition) is 3. The van der Waals surface area contributed by atoms with Gasteiger partial charge < -0.3 is 5.32 Å². The molecule has 6 rings (SSSR count). The molecule has 27 heavy (non-hydrogen) atoms. The van der Waals surface area contributed by atoms with Crippen LogP contribution in [0.2, 0.25) is 0 Å². The second-order valence-electron chi connectivity index (χ2n) is 8.92. The number of aryl methyl sites for hydroxylation is 1. The molecule has 3 saturated carbocycles. The van der Waals surface area contributed by atoms with E-state index in [2.05, 4.69) is 52.1 Å². The molecule has 4 nitrogen and oxygen atoms in total. The fourth-order valence-corrected chi connectivity index (χ4v) is 5.11. The molecule has 3 fully saturated rings. The molecule has 0 saturated heterocycles. The molecule has 1 spiro atoms. The van der Waals surface area contributed by atoms with Crippen LogP contribution in [0.15, 0.2) is 36.7 Å². The van der Waals surface area contributed by atoms with Gasteiger partial charge >= 0.3 is 0 Å². The average Bonchev–Trinajstić information content (AvgIpc) is 3.57. The molecule has 3 aliphatic carbocycles. The van der Waals surface area contributed by atoms with Gasteiger partial charge in [0, 0.05) is 12.2 Å². The topological polar surface area (TPSA) is 42.2 Å². The van der Waals surface area contributed by atoms with Gasteiger partial charge in [-0.2, -0.15) is 0 Å². The van der Waals surface area contributed by atoms with Gasteiger partial charge in [-0.1, -0.05) is 12.5 Å². The first-order valence-corrected chi connectivity index (χ1v) is 10.4. The third kappa shape index (κ3) is 2.57. The molecule has 1 atom stereocenters. The van der Waals surface area contributed by atoms with E-state index in [4.69, 9.17) is 4.98 Å². The van der Waals surface area contributed by atoms with E-state index in [1.165, 1.54) is 56.1 Å². The number of nitrogens with one attached hydrogen (secondary N) is 1. The first kappa shape index (κ1) is 15.7. The van der Waals surface area contributed by atoms with Crippen molar-refractivity contribution in [3.05, 3.63) is 47.8 Å². The summed E-state index contributed by atoms with van der Waals surface area (Å²) in [6.07, 6.45) is 13.7. The highest BCUT2D eigenvalue weighted by atomic mass is 15.1. The predicted molar refractivity (Wildman–Crippen MR) is 108 cm³/mol. The van der Waals surface area contributed by atoms with Gasteiger partial charge in [-0.25, -0.2) is 9.97 Å². The summed E-state index contributed by atoms with van der Waals surface area (Å²) >= 11 is 0. The lowest BCUT2D eigenvalue weighted by Gasteiger charge is -2.21. The summed E-state index contributed by atoms with van der Waals surface area (Å²) in [4.78, 5) is 9.61. The van der Waals surface area contributed by atoms with Crippen LogP contribution >= 0.6 is 0 Å². The van der Waals surface area contributed by atoms with Crippen LogP contribution in [0.5, 0.6) is 0 Å². The van der Waals surface area contributed by atoms with Crippen LogP contribution in [0.25, 0.3) is 17.0 Å². The van der Waals surface area contributed by atoms with E-state index in [0.717, 1.165) is 28.8 Å². The van der Waals surface area contributed by atoms with Gasteiger partial charge in [0.1, 0.15) is 11.5 Å². The van der Waals surface area contributed by atoms with Gasteiger partial charge in [-0.15, -0.1) is 0 Å². The molecule has 3 aliphatic rings. The largest absolute Gasteiger partial charge is 0.367 e. The van der Waals surface area contributed by atoms with Crippen molar-refractivity contribution in [2.24, 2.45) is 5.41 Å². The molecule has 138 valence electrons. The third-order valence-electron chi connectivity index (χ3n) is 7.04.